The number of piperazine rings is 1. The van der Waals surface area contributed by atoms with Gasteiger partial charge in [-0.3, -0.25) is 4.79 Å². The van der Waals surface area contributed by atoms with Crippen LogP contribution in [-0.4, -0.2) is 62.6 Å². The largest absolute Gasteiger partial charge is 0.337 e. The second-order valence-corrected chi connectivity index (χ2v) is 7.84. The maximum atomic E-state index is 12.3. The lowest BCUT2D eigenvalue weighted by Crippen LogP contribution is -2.54. The van der Waals surface area contributed by atoms with E-state index in [0.717, 1.165) is 13.1 Å². The number of carbonyl (C=O) groups excluding carboxylic acids is 1. The molecule has 21 heavy (non-hydrogen) atoms. The normalized spacial score (nSPS) is 20.5. The van der Waals surface area contributed by atoms with Crippen molar-refractivity contribution in [3.63, 3.8) is 0 Å². The van der Waals surface area contributed by atoms with Gasteiger partial charge in [-0.1, -0.05) is 11.6 Å². The lowest BCUT2D eigenvalue weighted by Gasteiger charge is -2.38. The molecule has 0 radical (unpaired) electrons. The van der Waals surface area contributed by atoms with Crippen LogP contribution in [0.4, 0.5) is 0 Å². The van der Waals surface area contributed by atoms with Gasteiger partial charge in [0.15, 0.2) is 9.84 Å². The minimum Gasteiger partial charge on any atom is -0.337 e. The molecule has 1 heterocycles. The number of amides is 1. The molecule has 116 valence electrons. The number of rotatable bonds is 3. The second-order valence-electron chi connectivity index (χ2n) is 5.41. The van der Waals surface area contributed by atoms with Crippen LogP contribution in [0.2, 0.25) is 5.02 Å². The van der Waals surface area contributed by atoms with Crippen LogP contribution in [0.1, 0.15) is 6.92 Å². The molecule has 2 rings (SSSR count). The van der Waals surface area contributed by atoms with Gasteiger partial charge >= 0.3 is 0 Å². The number of likely N-dealkylation sites (N-methyl/N-ethyl adjacent to an activating group) is 1. The predicted octanol–water partition coefficient (Wildman–Crippen LogP) is 1.28. The van der Waals surface area contributed by atoms with E-state index in [2.05, 4.69) is 4.90 Å². The molecule has 5 nitrogen and oxygen atoms in total. The molecule has 0 bridgehead atoms. The maximum Gasteiger partial charge on any atom is 0.238 e. The van der Waals surface area contributed by atoms with Crippen molar-refractivity contribution in [3.8, 4) is 0 Å². The molecule has 0 saturated carbocycles. The van der Waals surface area contributed by atoms with Crippen LogP contribution < -0.4 is 0 Å². The van der Waals surface area contributed by atoms with E-state index in [0.29, 0.717) is 11.6 Å². The van der Waals surface area contributed by atoms with Crippen molar-refractivity contribution in [1.82, 2.24) is 9.80 Å². The molecular formula is C14H19ClN2O3S. The maximum absolute atomic E-state index is 12.3. The summed E-state index contributed by atoms with van der Waals surface area (Å²) in [7, 11) is -1.64. The first-order chi connectivity index (χ1) is 9.79. The molecule has 0 N–H and O–H groups in total. The number of halogens is 1. The van der Waals surface area contributed by atoms with Crippen molar-refractivity contribution in [1.29, 1.82) is 0 Å². The summed E-state index contributed by atoms with van der Waals surface area (Å²) >= 11 is 5.75. The average Bonchev–Trinajstić information content (AvgIpc) is 2.38. The Balaban J connectivity index is 2.09. The summed E-state index contributed by atoms with van der Waals surface area (Å²) in [6.07, 6.45) is 0. The van der Waals surface area contributed by atoms with Gasteiger partial charge in [0, 0.05) is 30.7 Å². The molecular weight excluding hydrogens is 312 g/mol. The molecule has 0 aliphatic carbocycles. The molecule has 1 aliphatic rings. The fourth-order valence-corrected chi connectivity index (χ4v) is 3.82. The average molecular weight is 331 g/mol. The van der Waals surface area contributed by atoms with Crippen LogP contribution in [-0.2, 0) is 14.6 Å². The van der Waals surface area contributed by atoms with E-state index in [1.54, 1.807) is 4.90 Å². The zero-order valence-corrected chi connectivity index (χ0v) is 13.7. The van der Waals surface area contributed by atoms with Gasteiger partial charge in [0.1, 0.15) is 5.75 Å². The number of hydrogen-bond donors (Lipinski definition) is 0. The Bertz CT molecular complexity index is 616. The fraction of sp³-hybridized carbons (Fsp3) is 0.500. The van der Waals surface area contributed by atoms with Crippen LogP contribution in [0.3, 0.4) is 0 Å². The van der Waals surface area contributed by atoms with Crippen molar-refractivity contribution in [2.75, 3.05) is 32.4 Å². The third-order valence-corrected chi connectivity index (χ3v) is 5.51. The summed E-state index contributed by atoms with van der Waals surface area (Å²) in [4.78, 5) is 16.2. The zero-order valence-electron chi connectivity index (χ0n) is 12.1. The van der Waals surface area contributed by atoms with Gasteiger partial charge in [-0.2, -0.15) is 0 Å². The topological polar surface area (TPSA) is 57.7 Å². The Morgan fingerprint density at radius 1 is 1.29 bits per heavy atom. The highest BCUT2D eigenvalue weighted by atomic mass is 35.5. The van der Waals surface area contributed by atoms with Crippen molar-refractivity contribution in [2.24, 2.45) is 0 Å². The van der Waals surface area contributed by atoms with Crippen molar-refractivity contribution >= 4 is 27.3 Å². The van der Waals surface area contributed by atoms with Crippen molar-refractivity contribution in [2.45, 2.75) is 17.9 Å². The van der Waals surface area contributed by atoms with E-state index >= 15 is 0 Å². The van der Waals surface area contributed by atoms with Gasteiger partial charge in [-0.15, -0.1) is 0 Å². The lowest BCUT2D eigenvalue weighted by molar-refractivity contribution is -0.132. The number of benzene rings is 1. The van der Waals surface area contributed by atoms with Crippen LogP contribution >= 0.6 is 11.6 Å². The molecule has 1 aliphatic heterocycles. The first-order valence-corrected chi connectivity index (χ1v) is 8.79. The van der Waals surface area contributed by atoms with Gasteiger partial charge in [0.2, 0.25) is 5.91 Å². The van der Waals surface area contributed by atoms with E-state index in [-0.39, 0.29) is 16.8 Å². The van der Waals surface area contributed by atoms with E-state index in [1.807, 2.05) is 14.0 Å². The van der Waals surface area contributed by atoms with Crippen LogP contribution in [0, 0.1) is 0 Å². The second kappa shape index (κ2) is 6.34. The summed E-state index contributed by atoms with van der Waals surface area (Å²) < 4.78 is 24.5. The number of sulfone groups is 1. The zero-order chi connectivity index (χ0) is 15.6. The third kappa shape index (κ3) is 3.96. The van der Waals surface area contributed by atoms with Crippen LogP contribution in [0.25, 0.3) is 0 Å². The molecule has 7 heteroatoms. The van der Waals surface area contributed by atoms with Gasteiger partial charge < -0.3 is 9.80 Å². The smallest absolute Gasteiger partial charge is 0.238 e. The van der Waals surface area contributed by atoms with E-state index < -0.39 is 15.6 Å². The Kier molecular flexibility index (Phi) is 4.91. The third-order valence-electron chi connectivity index (χ3n) is 3.64. The molecule has 1 atom stereocenters. The summed E-state index contributed by atoms with van der Waals surface area (Å²) in [6.45, 7) is 4.01. The minimum atomic E-state index is -3.63. The Morgan fingerprint density at radius 2 is 1.90 bits per heavy atom. The molecule has 1 fully saturated rings. The van der Waals surface area contributed by atoms with Gasteiger partial charge in [0.05, 0.1) is 4.90 Å². The fourth-order valence-electron chi connectivity index (χ4n) is 2.48. The molecule has 1 aromatic carbocycles. The lowest BCUT2D eigenvalue weighted by atomic mass is 10.2. The summed E-state index contributed by atoms with van der Waals surface area (Å²) in [6, 6.07) is 5.91. The van der Waals surface area contributed by atoms with Gasteiger partial charge in [-0.05, 0) is 38.2 Å². The Hall–Kier alpha value is -1.11. The van der Waals surface area contributed by atoms with E-state index in [4.69, 9.17) is 11.6 Å². The van der Waals surface area contributed by atoms with Gasteiger partial charge in [-0.25, -0.2) is 8.42 Å². The highest BCUT2D eigenvalue weighted by Gasteiger charge is 2.29. The molecule has 0 spiro atoms. The summed E-state index contributed by atoms with van der Waals surface area (Å²) in [5, 5.41) is 0.466. The molecule has 1 amide bonds. The number of nitrogens with zero attached hydrogens (tertiary/aromatic N) is 2. The van der Waals surface area contributed by atoms with Crippen LogP contribution in [0.15, 0.2) is 29.2 Å². The number of carbonyl (C=O) groups is 1. The summed E-state index contributed by atoms with van der Waals surface area (Å²) in [5.74, 6) is -0.839. The van der Waals surface area contributed by atoms with E-state index in [1.165, 1.54) is 24.3 Å². The molecule has 1 unspecified atom stereocenters. The number of hydrogen-bond acceptors (Lipinski definition) is 4. The first kappa shape index (κ1) is 16.3. The molecule has 1 saturated heterocycles. The first-order valence-electron chi connectivity index (χ1n) is 6.76. The highest BCUT2D eigenvalue weighted by Crippen LogP contribution is 2.17. The molecule has 0 aromatic heterocycles. The van der Waals surface area contributed by atoms with Crippen molar-refractivity contribution in [3.05, 3.63) is 29.3 Å². The SMILES string of the molecule is CC1CN(C)CCN1C(=O)CS(=O)(=O)c1ccc(Cl)cc1. The van der Waals surface area contributed by atoms with Crippen LogP contribution in [0.5, 0.6) is 0 Å². The van der Waals surface area contributed by atoms with Gasteiger partial charge in [0.25, 0.3) is 0 Å². The predicted molar refractivity (Wildman–Crippen MR) is 82.2 cm³/mol. The standard InChI is InChI=1S/C14H19ClN2O3S/c1-11-9-16(2)7-8-17(11)14(18)10-21(19,20)13-5-3-12(15)4-6-13/h3-6,11H,7-10H2,1-2H3. The van der Waals surface area contributed by atoms with Crippen molar-refractivity contribution < 1.29 is 13.2 Å². The Morgan fingerprint density at radius 3 is 2.48 bits per heavy atom. The van der Waals surface area contributed by atoms with E-state index in [9.17, 15) is 13.2 Å². The highest BCUT2D eigenvalue weighted by molar-refractivity contribution is 7.92. The summed E-state index contributed by atoms with van der Waals surface area (Å²) in [5.41, 5.74) is 0. The monoisotopic (exact) mass is 330 g/mol. The Labute approximate surface area is 130 Å². The minimum absolute atomic E-state index is 0.0247. The molecule has 1 aromatic rings. The quantitative estimate of drug-likeness (QED) is 0.837.